The molecular formula is C24H40N4O3. The maximum atomic E-state index is 12.3. The molecule has 0 aliphatic carbocycles. The van der Waals surface area contributed by atoms with Crippen molar-refractivity contribution >= 4 is 5.78 Å². The van der Waals surface area contributed by atoms with Gasteiger partial charge in [-0.2, -0.15) is 0 Å². The Morgan fingerprint density at radius 1 is 0.774 bits per heavy atom. The molecule has 1 aromatic rings. The van der Waals surface area contributed by atoms with Crippen LogP contribution in [-0.4, -0.2) is 118 Å². The number of Topliss-reactive ketones (excluding diaryl/α,β-unsaturated/α-hetero) is 1. The number of ketones is 1. The molecule has 0 saturated carbocycles. The standard InChI is InChI=1S/C24H40N4O3/c1-21(29)24-22(30-19-5-9-27-15-11-25(2)12-16-27)7-4-8-23(24)31-20-6-10-28-17-13-26(3)14-18-28/h4,7-8H,5-6,9-20H2,1-3H3. The Hall–Kier alpha value is -1.67. The molecule has 0 N–H and O–H groups in total. The molecule has 0 radical (unpaired) electrons. The molecule has 1 aromatic carbocycles. The second-order valence-electron chi connectivity index (χ2n) is 8.88. The van der Waals surface area contributed by atoms with E-state index in [1.807, 2.05) is 18.2 Å². The highest BCUT2D eigenvalue weighted by molar-refractivity contribution is 5.99. The average molecular weight is 433 g/mol. The van der Waals surface area contributed by atoms with Crippen LogP contribution >= 0.6 is 0 Å². The molecule has 31 heavy (non-hydrogen) atoms. The van der Waals surface area contributed by atoms with Gasteiger partial charge < -0.3 is 29.1 Å². The van der Waals surface area contributed by atoms with E-state index in [9.17, 15) is 4.79 Å². The maximum absolute atomic E-state index is 12.3. The molecule has 0 unspecified atom stereocenters. The molecule has 0 spiro atoms. The minimum atomic E-state index is -0.0104. The van der Waals surface area contributed by atoms with Gasteiger partial charge >= 0.3 is 0 Å². The molecule has 2 aliphatic rings. The van der Waals surface area contributed by atoms with Gasteiger partial charge in [0.05, 0.1) is 13.2 Å². The first-order valence-corrected chi connectivity index (χ1v) is 11.7. The predicted octanol–water partition coefficient (Wildman–Crippen LogP) is 1.92. The summed E-state index contributed by atoms with van der Waals surface area (Å²) < 4.78 is 12.0. The fourth-order valence-corrected chi connectivity index (χ4v) is 4.18. The number of rotatable bonds is 11. The van der Waals surface area contributed by atoms with Crippen LogP contribution in [0.2, 0.25) is 0 Å². The molecule has 2 heterocycles. The van der Waals surface area contributed by atoms with E-state index in [2.05, 4.69) is 33.7 Å². The lowest BCUT2D eigenvalue weighted by molar-refractivity contribution is 0.100. The lowest BCUT2D eigenvalue weighted by Gasteiger charge is -2.32. The summed E-state index contributed by atoms with van der Waals surface area (Å²) in [6, 6.07) is 5.67. The van der Waals surface area contributed by atoms with E-state index in [1.165, 1.54) is 0 Å². The van der Waals surface area contributed by atoms with Crippen molar-refractivity contribution in [1.82, 2.24) is 19.6 Å². The first-order valence-electron chi connectivity index (χ1n) is 11.7. The predicted molar refractivity (Wildman–Crippen MR) is 125 cm³/mol. The molecule has 7 nitrogen and oxygen atoms in total. The van der Waals surface area contributed by atoms with Gasteiger partial charge in [-0.15, -0.1) is 0 Å². The zero-order chi connectivity index (χ0) is 22.1. The number of carbonyl (C=O) groups excluding carboxylic acids is 1. The summed E-state index contributed by atoms with van der Waals surface area (Å²) in [5.74, 6) is 1.27. The summed E-state index contributed by atoms with van der Waals surface area (Å²) in [5, 5.41) is 0. The minimum Gasteiger partial charge on any atom is -0.493 e. The normalized spacial score (nSPS) is 19.5. The number of hydrogen-bond donors (Lipinski definition) is 0. The van der Waals surface area contributed by atoms with Crippen molar-refractivity contribution in [3.05, 3.63) is 23.8 Å². The SMILES string of the molecule is CC(=O)c1c(OCCCN2CCN(C)CC2)cccc1OCCCN1CCN(C)CC1. The molecule has 0 amide bonds. The van der Waals surface area contributed by atoms with E-state index >= 15 is 0 Å². The minimum absolute atomic E-state index is 0.0104. The third-order valence-electron chi connectivity index (χ3n) is 6.28. The van der Waals surface area contributed by atoms with Crippen LogP contribution < -0.4 is 9.47 Å². The van der Waals surface area contributed by atoms with Gasteiger partial charge in [0.15, 0.2) is 5.78 Å². The first-order chi connectivity index (χ1) is 15.0. The number of ether oxygens (including phenoxy) is 2. The van der Waals surface area contributed by atoms with Gasteiger partial charge in [-0.05, 0) is 46.0 Å². The van der Waals surface area contributed by atoms with Crippen molar-refractivity contribution in [3.8, 4) is 11.5 Å². The smallest absolute Gasteiger partial charge is 0.167 e. The number of carbonyl (C=O) groups is 1. The van der Waals surface area contributed by atoms with Gasteiger partial charge in [-0.1, -0.05) is 6.07 Å². The van der Waals surface area contributed by atoms with Crippen molar-refractivity contribution < 1.29 is 14.3 Å². The third kappa shape index (κ3) is 7.75. The number of nitrogens with zero attached hydrogens (tertiary/aromatic N) is 4. The molecular weight excluding hydrogens is 392 g/mol. The molecule has 2 aliphatic heterocycles. The van der Waals surface area contributed by atoms with Gasteiger partial charge in [0.1, 0.15) is 17.1 Å². The highest BCUT2D eigenvalue weighted by Gasteiger charge is 2.17. The average Bonchev–Trinajstić information content (AvgIpc) is 2.76. The topological polar surface area (TPSA) is 48.5 Å². The molecule has 174 valence electrons. The van der Waals surface area contributed by atoms with Crippen molar-refractivity contribution in [1.29, 1.82) is 0 Å². The highest BCUT2D eigenvalue weighted by Crippen LogP contribution is 2.29. The molecule has 2 fully saturated rings. The Balaban J connectivity index is 1.43. The lowest BCUT2D eigenvalue weighted by Crippen LogP contribution is -2.44. The maximum Gasteiger partial charge on any atom is 0.167 e. The van der Waals surface area contributed by atoms with Crippen molar-refractivity contribution in [2.75, 3.05) is 92.8 Å². The number of piperazine rings is 2. The summed E-state index contributed by atoms with van der Waals surface area (Å²) in [7, 11) is 4.34. The van der Waals surface area contributed by atoms with Crippen molar-refractivity contribution in [2.45, 2.75) is 19.8 Å². The van der Waals surface area contributed by atoms with Gasteiger partial charge in [-0.25, -0.2) is 0 Å². The summed E-state index contributed by atoms with van der Waals surface area (Å²) >= 11 is 0. The Morgan fingerprint density at radius 3 is 1.58 bits per heavy atom. The molecule has 2 saturated heterocycles. The van der Waals surface area contributed by atoms with Gasteiger partial charge in [0, 0.05) is 65.4 Å². The quantitative estimate of drug-likeness (QED) is 0.391. The summed E-state index contributed by atoms with van der Waals surface area (Å²) in [5.41, 5.74) is 0.571. The van der Waals surface area contributed by atoms with Gasteiger partial charge in [-0.3, -0.25) is 4.79 Å². The summed E-state index contributed by atoms with van der Waals surface area (Å²) in [6.45, 7) is 13.9. The summed E-state index contributed by atoms with van der Waals surface area (Å²) in [4.78, 5) is 22.0. The Morgan fingerprint density at radius 2 is 1.19 bits per heavy atom. The highest BCUT2D eigenvalue weighted by atomic mass is 16.5. The molecule has 0 aromatic heterocycles. The molecule has 0 bridgehead atoms. The fourth-order valence-electron chi connectivity index (χ4n) is 4.18. The van der Waals surface area contributed by atoms with Crippen LogP contribution in [0, 0.1) is 0 Å². The van der Waals surface area contributed by atoms with Crippen LogP contribution in [0.1, 0.15) is 30.1 Å². The van der Waals surface area contributed by atoms with Crippen LogP contribution in [0.3, 0.4) is 0 Å². The van der Waals surface area contributed by atoms with Crippen LogP contribution in [0.5, 0.6) is 11.5 Å². The third-order valence-corrected chi connectivity index (χ3v) is 6.28. The largest absolute Gasteiger partial charge is 0.493 e. The molecule has 3 rings (SSSR count). The Kier molecular flexibility index (Phi) is 9.58. The summed E-state index contributed by atoms with van der Waals surface area (Å²) in [6.07, 6.45) is 1.91. The first kappa shape index (κ1) is 24.0. The zero-order valence-electron chi connectivity index (χ0n) is 19.6. The van der Waals surface area contributed by atoms with Gasteiger partial charge in [0.25, 0.3) is 0 Å². The van der Waals surface area contributed by atoms with Crippen molar-refractivity contribution in [3.63, 3.8) is 0 Å². The number of hydrogen-bond acceptors (Lipinski definition) is 7. The van der Waals surface area contributed by atoms with Crippen LogP contribution in [0.4, 0.5) is 0 Å². The van der Waals surface area contributed by atoms with E-state index in [1.54, 1.807) is 6.92 Å². The number of likely N-dealkylation sites (N-methyl/N-ethyl adjacent to an activating group) is 2. The van der Waals surface area contributed by atoms with Crippen LogP contribution in [0.15, 0.2) is 18.2 Å². The Labute approximate surface area is 187 Å². The van der Waals surface area contributed by atoms with Crippen molar-refractivity contribution in [2.24, 2.45) is 0 Å². The Bertz CT molecular complexity index is 635. The zero-order valence-corrected chi connectivity index (χ0v) is 19.6. The van der Waals surface area contributed by atoms with Crippen LogP contribution in [0.25, 0.3) is 0 Å². The second-order valence-corrected chi connectivity index (χ2v) is 8.88. The van der Waals surface area contributed by atoms with E-state index in [0.29, 0.717) is 30.3 Å². The monoisotopic (exact) mass is 432 g/mol. The fraction of sp³-hybridized carbons (Fsp3) is 0.708. The second kappa shape index (κ2) is 12.4. The van der Waals surface area contributed by atoms with E-state index in [-0.39, 0.29) is 5.78 Å². The molecule has 0 atom stereocenters. The number of benzene rings is 1. The van der Waals surface area contributed by atoms with E-state index in [4.69, 9.17) is 9.47 Å². The van der Waals surface area contributed by atoms with E-state index in [0.717, 1.165) is 78.3 Å². The van der Waals surface area contributed by atoms with Crippen LogP contribution in [-0.2, 0) is 0 Å². The molecule has 7 heteroatoms. The van der Waals surface area contributed by atoms with Gasteiger partial charge in [0.2, 0.25) is 0 Å². The lowest BCUT2D eigenvalue weighted by atomic mass is 10.1. The van der Waals surface area contributed by atoms with E-state index < -0.39 is 0 Å².